The highest BCUT2D eigenvalue weighted by Gasteiger charge is 2.34. The third-order valence-electron chi connectivity index (χ3n) is 6.31. The summed E-state index contributed by atoms with van der Waals surface area (Å²) >= 11 is 0. The maximum Gasteiger partial charge on any atom is 0.573 e. The molecule has 0 aliphatic carbocycles. The van der Waals surface area contributed by atoms with Crippen LogP contribution in [0.5, 0.6) is 5.75 Å². The van der Waals surface area contributed by atoms with E-state index in [2.05, 4.69) is 25.0 Å². The van der Waals surface area contributed by atoms with Gasteiger partial charge >= 0.3 is 6.36 Å². The molecular formula is C24H23F3N6O4S. The number of H-pyrrole nitrogens is 1. The number of hydrogen-bond donors (Lipinski definition) is 1. The Kier molecular flexibility index (Phi) is 6.69. The highest BCUT2D eigenvalue weighted by molar-refractivity contribution is 7.89. The number of nitrogens with zero attached hydrogens (tertiary/aromatic N) is 5. The molecule has 1 unspecified atom stereocenters. The van der Waals surface area contributed by atoms with Gasteiger partial charge in [-0.15, -0.1) is 18.3 Å². The summed E-state index contributed by atoms with van der Waals surface area (Å²) in [5.41, 5.74) is 1.97. The molecule has 1 aliphatic heterocycles. The average molecular weight is 549 g/mol. The Morgan fingerprint density at radius 1 is 1.11 bits per heavy atom. The van der Waals surface area contributed by atoms with Crippen molar-refractivity contribution in [2.45, 2.75) is 43.5 Å². The van der Waals surface area contributed by atoms with E-state index < -0.39 is 33.6 Å². The van der Waals surface area contributed by atoms with Gasteiger partial charge in [0.25, 0.3) is 5.56 Å². The van der Waals surface area contributed by atoms with Crippen LogP contribution in [0.2, 0.25) is 0 Å². The number of aromatic nitrogens is 5. The molecule has 200 valence electrons. The van der Waals surface area contributed by atoms with Gasteiger partial charge in [0, 0.05) is 19.0 Å². The third-order valence-corrected chi connectivity index (χ3v) is 8.19. The Bertz CT molecular complexity index is 1620. The Balaban J connectivity index is 1.39. The van der Waals surface area contributed by atoms with Crippen molar-refractivity contribution in [1.29, 1.82) is 0 Å². The van der Waals surface area contributed by atoms with Crippen molar-refractivity contribution >= 4 is 21.2 Å². The van der Waals surface area contributed by atoms with E-state index in [-0.39, 0.29) is 23.5 Å². The molecule has 1 aliphatic rings. The molecule has 2 aromatic carbocycles. The van der Waals surface area contributed by atoms with Gasteiger partial charge < -0.3 is 9.72 Å². The molecule has 0 amide bonds. The number of nitrogens with one attached hydrogen (secondary N) is 1. The van der Waals surface area contributed by atoms with Gasteiger partial charge in [-0.2, -0.15) is 4.31 Å². The van der Waals surface area contributed by atoms with E-state index in [1.165, 1.54) is 8.99 Å². The van der Waals surface area contributed by atoms with Crippen LogP contribution in [-0.4, -0.2) is 57.1 Å². The quantitative estimate of drug-likeness (QED) is 0.392. The molecule has 2 aromatic heterocycles. The van der Waals surface area contributed by atoms with E-state index in [0.29, 0.717) is 30.9 Å². The van der Waals surface area contributed by atoms with Crippen LogP contribution in [0.1, 0.15) is 35.7 Å². The first kappa shape index (κ1) is 25.9. The lowest BCUT2D eigenvalue weighted by atomic mass is 9.99. The molecule has 0 radical (unpaired) electrons. The van der Waals surface area contributed by atoms with E-state index in [9.17, 15) is 26.4 Å². The third kappa shape index (κ3) is 5.41. The molecular weight excluding hydrogens is 525 g/mol. The summed E-state index contributed by atoms with van der Waals surface area (Å²) in [7, 11) is -4.01. The van der Waals surface area contributed by atoms with E-state index >= 15 is 0 Å². The van der Waals surface area contributed by atoms with Crippen molar-refractivity contribution in [2.75, 3.05) is 13.1 Å². The molecule has 3 heterocycles. The molecule has 14 heteroatoms. The first-order valence-corrected chi connectivity index (χ1v) is 13.2. The number of piperidine rings is 1. The number of fused-ring (bicyclic) bond motifs is 1. The average Bonchev–Trinajstić information content (AvgIpc) is 3.28. The smallest absolute Gasteiger partial charge is 0.406 e. The molecule has 0 spiro atoms. The molecule has 0 saturated carbocycles. The van der Waals surface area contributed by atoms with Gasteiger partial charge in [-0.1, -0.05) is 35.0 Å². The number of halogens is 3. The summed E-state index contributed by atoms with van der Waals surface area (Å²) < 4.78 is 70.3. The fourth-order valence-electron chi connectivity index (χ4n) is 4.40. The van der Waals surface area contributed by atoms with Crippen LogP contribution in [0, 0.1) is 6.92 Å². The van der Waals surface area contributed by atoms with Gasteiger partial charge in [0.2, 0.25) is 10.0 Å². The van der Waals surface area contributed by atoms with E-state index in [1.54, 1.807) is 0 Å². The Morgan fingerprint density at radius 2 is 1.82 bits per heavy atom. The topological polar surface area (TPSA) is 123 Å². The van der Waals surface area contributed by atoms with E-state index in [0.717, 1.165) is 35.4 Å². The summed E-state index contributed by atoms with van der Waals surface area (Å²) in [5.74, 6) is -0.603. The normalized spacial score (nSPS) is 17.1. The molecule has 10 nitrogen and oxygen atoms in total. The number of alkyl halides is 3. The minimum absolute atomic E-state index is 0.0388. The summed E-state index contributed by atoms with van der Waals surface area (Å²) in [6.45, 7) is 2.59. The first-order chi connectivity index (χ1) is 18.0. The second-order valence-electron chi connectivity index (χ2n) is 9.08. The summed E-state index contributed by atoms with van der Waals surface area (Å²) in [6, 6.07) is 11.9. The molecule has 5 rings (SSSR count). The maximum absolute atomic E-state index is 13.2. The number of ether oxygens (including phenoxy) is 1. The number of benzene rings is 2. The minimum atomic E-state index is -4.88. The van der Waals surface area contributed by atoms with Gasteiger partial charge in [-0.25, -0.2) is 18.1 Å². The highest BCUT2D eigenvalue weighted by Crippen LogP contribution is 2.30. The van der Waals surface area contributed by atoms with Crippen molar-refractivity contribution in [3.63, 3.8) is 0 Å². The predicted octanol–water partition coefficient (Wildman–Crippen LogP) is 3.34. The largest absolute Gasteiger partial charge is 0.573 e. The number of aromatic amines is 1. The fraction of sp³-hybridized carbons (Fsp3) is 0.333. The lowest BCUT2D eigenvalue weighted by molar-refractivity contribution is -0.274. The van der Waals surface area contributed by atoms with Crippen LogP contribution >= 0.6 is 0 Å². The molecule has 1 saturated heterocycles. The van der Waals surface area contributed by atoms with Gasteiger partial charge in [0.1, 0.15) is 11.6 Å². The number of rotatable bonds is 6. The van der Waals surface area contributed by atoms with Crippen molar-refractivity contribution in [2.24, 2.45) is 0 Å². The zero-order chi connectivity index (χ0) is 27.1. The Hall–Kier alpha value is -3.78. The van der Waals surface area contributed by atoms with Gasteiger partial charge in [0.05, 0.1) is 11.4 Å². The highest BCUT2D eigenvalue weighted by atomic mass is 32.2. The van der Waals surface area contributed by atoms with E-state index in [4.69, 9.17) is 0 Å². The van der Waals surface area contributed by atoms with Crippen molar-refractivity contribution < 1.29 is 26.3 Å². The van der Waals surface area contributed by atoms with Gasteiger partial charge in [-0.05, 0) is 49.6 Å². The van der Waals surface area contributed by atoms with Crippen LogP contribution in [0.4, 0.5) is 13.2 Å². The van der Waals surface area contributed by atoms with Crippen molar-refractivity contribution in [3.8, 4) is 5.75 Å². The number of aryl methyl sites for hydroxylation is 1. The summed E-state index contributed by atoms with van der Waals surface area (Å²) in [6.07, 6.45) is -3.79. The zero-order valence-electron chi connectivity index (χ0n) is 20.1. The molecule has 38 heavy (non-hydrogen) atoms. The fourth-order valence-corrected chi connectivity index (χ4v) is 5.92. The molecule has 1 N–H and O–H groups in total. The summed E-state index contributed by atoms with van der Waals surface area (Å²) in [5, 5.41) is 8.04. The van der Waals surface area contributed by atoms with Gasteiger partial charge in [0.15, 0.2) is 11.2 Å². The van der Waals surface area contributed by atoms with Crippen LogP contribution in [0.15, 0.2) is 58.2 Å². The SMILES string of the molecule is Cc1ccc(Cn2nnc3c(=O)[nH]c(C4CCCN(S(=O)(=O)c5ccc(OC(F)(F)F)cc5)C4)nc32)cc1. The molecule has 1 fully saturated rings. The maximum atomic E-state index is 13.2. The van der Waals surface area contributed by atoms with Gasteiger partial charge in [-0.3, -0.25) is 4.79 Å². The second-order valence-corrected chi connectivity index (χ2v) is 11.0. The number of hydrogen-bond acceptors (Lipinski definition) is 7. The van der Waals surface area contributed by atoms with E-state index in [1.807, 2.05) is 31.2 Å². The Morgan fingerprint density at radius 3 is 2.50 bits per heavy atom. The first-order valence-electron chi connectivity index (χ1n) is 11.7. The monoisotopic (exact) mass is 548 g/mol. The number of sulfonamides is 1. The lowest BCUT2D eigenvalue weighted by Gasteiger charge is -2.31. The van der Waals surface area contributed by atoms with Crippen molar-refractivity contribution in [3.05, 3.63) is 75.8 Å². The van der Waals surface area contributed by atoms with Crippen molar-refractivity contribution in [1.82, 2.24) is 29.3 Å². The van der Waals surface area contributed by atoms with Crippen LogP contribution in [0.25, 0.3) is 11.2 Å². The molecule has 1 atom stereocenters. The minimum Gasteiger partial charge on any atom is -0.406 e. The standard InChI is InChI=1S/C24H23F3N6O4S/c1-15-4-6-16(7-5-15)13-33-22-20(30-31-33)23(34)29-21(28-22)17-3-2-12-32(14-17)38(35,36)19-10-8-18(9-11-19)37-24(25,26)27/h4-11,17H,2-3,12-14H2,1H3,(H,28,29,34). The Labute approximate surface area is 215 Å². The molecule has 0 bridgehead atoms. The second kappa shape index (κ2) is 9.83. The van der Waals surface area contributed by atoms with Crippen LogP contribution < -0.4 is 10.3 Å². The zero-order valence-corrected chi connectivity index (χ0v) is 21.0. The summed E-state index contributed by atoms with van der Waals surface area (Å²) in [4.78, 5) is 19.9. The predicted molar refractivity (Wildman–Crippen MR) is 130 cm³/mol. The van der Waals surface area contributed by atoms with Crippen LogP contribution in [0.3, 0.4) is 0 Å². The van der Waals surface area contributed by atoms with Crippen LogP contribution in [-0.2, 0) is 16.6 Å². The molecule has 4 aromatic rings. The lowest BCUT2D eigenvalue weighted by Crippen LogP contribution is -2.39.